The molecule has 0 radical (unpaired) electrons. The molecule has 0 aliphatic heterocycles. The number of carbonyl (C=O) groups excluding carboxylic acids is 3. The van der Waals surface area contributed by atoms with Crippen LogP contribution >= 0.6 is 11.6 Å². The summed E-state index contributed by atoms with van der Waals surface area (Å²) in [6, 6.07) is 17.7. The third-order valence-electron chi connectivity index (χ3n) is 4.08. The first kappa shape index (κ1) is 23.1. The van der Waals surface area contributed by atoms with E-state index in [-0.39, 0.29) is 17.0 Å². The number of nitro groups is 1. The molecule has 0 aromatic heterocycles. The molecule has 0 fully saturated rings. The first-order valence-electron chi connectivity index (χ1n) is 9.29. The first-order valence-corrected chi connectivity index (χ1v) is 9.67. The lowest BCUT2D eigenvalue weighted by Gasteiger charge is -2.05. The van der Waals surface area contributed by atoms with Crippen LogP contribution in [0, 0.1) is 10.1 Å². The first-order chi connectivity index (χ1) is 15.8. The number of hydrogen-bond acceptors (Lipinski definition) is 7. The molecule has 0 saturated carbocycles. The lowest BCUT2D eigenvalue weighted by molar-refractivity contribution is -0.385. The number of halogens is 1. The smallest absolute Gasteiger partial charge is 0.350 e. The van der Waals surface area contributed by atoms with Gasteiger partial charge in [-0.1, -0.05) is 29.8 Å². The number of rotatable bonds is 6. The van der Waals surface area contributed by atoms with Gasteiger partial charge in [0.25, 0.3) is 5.69 Å². The molecule has 33 heavy (non-hydrogen) atoms. The third-order valence-corrected chi connectivity index (χ3v) is 4.31. The summed E-state index contributed by atoms with van der Waals surface area (Å²) in [4.78, 5) is 46.3. The molecular formula is C22H15ClN4O6. The maximum atomic E-state index is 12.2. The van der Waals surface area contributed by atoms with Gasteiger partial charge in [0.05, 0.1) is 11.1 Å². The molecule has 2 N–H and O–H groups in total. The number of benzene rings is 3. The van der Waals surface area contributed by atoms with Crippen molar-refractivity contribution in [1.29, 1.82) is 0 Å². The van der Waals surface area contributed by atoms with E-state index in [9.17, 15) is 24.5 Å². The molecule has 2 amide bonds. The Bertz CT molecular complexity index is 1240. The summed E-state index contributed by atoms with van der Waals surface area (Å²) < 4.78 is 5.17. The fourth-order valence-electron chi connectivity index (χ4n) is 2.56. The standard InChI is InChI=1S/C22H15ClN4O6/c23-15-4-3-5-16(12-15)25-20(28)21(29)26-24-13-14-8-10-17(11-9-14)33-22(30)18-6-1-2-7-19(18)27(31)32/h1-13H,(H,25,28)(H,26,29)/b24-13+. The Labute approximate surface area is 192 Å². The van der Waals surface area contributed by atoms with Crippen LogP contribution in [0.5, 0.6) is 5.75 Å². The van der Waals surface area contributed by atoms with E-state index in [1.807, 2.05) is 0 Å². The molecule has 166 valence electrons. The predicted molar refractivity (Wildman–Crippen MR) is 120 cm³/mol. The monoisotopic (exact) mass is 466 g/mol. The van der Waals surface area contributed by atoms with Gasteiger partial charge in [-0.25, -0.2) is 10.2 Å². The van der Waals surface area contributed by atoms with Crippen molar-refractivity contribution in [1.82, 2.24) is 5.43 Å². The van der Waals surface area contributed by atoms with Crippen molar-refractivity contribution < 1.29 is 24.0 Å². The van der Waals surface area contributed by atoms with Gasteiger partial charge in [-0.3, -0.25) is 19.7 Å². The minimum atomic E-state index is -0.985. The maximum Gasteiger partial charge on any atom is 0.350 e. The zero-order chi connectivity index (χ0) is 23.8. The highest BCUT2D eigenvalue weighted by atomic mass is 35.5. The topological polar surface area (TPSA) is 140 Å². The zero-order valence-electron chi connectivity index (χ0n) is 16.7. The van der Waals surface area contributed by atoms with Crippen molar-refractivity contribution in [2.24, 2.45) is 5.10 Å². The van der Waals surface area contributed by atoms with Gasteiger partial charge in [0.15, 0.2) is 0 Å². The van der Waals surface area contributed by atoms with Crippen LogP contribution in [-0.4, -0.2) is 28.9 Å². The highest BCUT2D eigenvalue weighted by molar-refractivity contribution is 6.39. The molecule has 0 saturated heterocycles. The van der Waals surface area contributed by atoms with E-state index in [2.05, 4.69) is 15.8 Å². The van der Waals surface area contributed by atoms with E-state index in [0.717, 1.165) is 0 Å². The number of anilines is 1. The number of esters is 1. The molecule has 11 heteroatoms. The van der Waals surface area contributed by atoms with Gasteiger partial charge < -0.3 is 10.1 Å². The van der Waals surface area contributed by atoms with Gasteiger partial charge in [-0.05, 0) is 54.1 Å². The molecule has 0 atom stereocenters. The van der Waals surface area contributed by atoms with Gasteiger partial charge in [0.2, 0.25) is 0 Å². The minimum absolute atomic E-state index is 0.153. The van der Waals surface area contributed by atoms with Crippen molar-refractivity contribution in [3.63, 3.8) is 0 Å². The Morgan fingerprint density at radius 1 is 0.970 bits per heavy atom. The molecule has 10 nitrogen and oxygen atoms in total. The number of carbonyl (C=O) groups is 3. The lowest BCUT2D eigenvalue weighted by atomic mass is 10.2. The fourth-order valence-corrected chi connectivity index (χ4v) is 2.75. The van der Waals surface area contributed by atoms with Crippen molar-refractivity contribution in [3.05, 3.63) is 99.1 Å². The maximum absolute atomic E-state index is 12.2. The third kappa shape index (κ3) is 6.45. The van der Waals surface area contributed by atoms with Crippen LogP contribution in [0.3, 0.4) is 0 Å². The van der Waals surface area contributed by atoms with Crippen LogP contribution in [-0.2, 0) is 9.59 Å². The summed E-state index contributed by atoms with van der Waals surface area (Å²) in [6.45, 7) is 0. The number of hydrogen-bond donors (Lipinski definition) is 2. The second kappa shape index (κ2) is 10.6. The van der Waals surface area contributed by atoms with Crippen molar-refractivity contribution in [2.75, 3.05) is 5.32 Å². The Hall–Kier alpha value is -4.57. The van der Waals surface area contributed by atoms with E-state index in [1.165, 1.54) is 60.8 Å². The number of nitrogens with one attached hydrogen (secondary N) is 2. The van der Waals surface area contributed by atoms with E-state index >= 15 is 0 Å². The molecule has 3 rings (SSSR count). The highest BCUT2D eigenvalue weighted by Gasteiger charge is 2.21. The Kier molecular flexibility index (Phi) is 7.45. The molecule has 0 spiro atoms. The van der Waals surface area contributed by atoms with Crippen LogP contribution in [0.4, 0.5) is 11.4 Å². The molecule has 0 aliphatic carbocycles. The number of ether oxygens (including phenoxy) is 1. The molecule has 0 bridgehead atoms. The van der Waals surface area contributed by atoms with Crippen LogP contribution in [0.25, 0.3) is 0 Å². The summed E-state index contributed by atoms with van der Waals surface area (Å²) in [5.74, 6) is -2.63. The summed E-state index contributed by atoms with van der Waals surface area (Å²) in [5.41, 5.74) is 2.44. The van der Waals surface area contributed by atoms with E-state index in [1.54, 1.807) is 18.2 Å². The van der Waals surface area contributed by atoms with Gasteiger partial charge in [-0.2, -0.15) is 5.10 Å². The van der Waals surface area contributed by atoms with E-state index < -0.39 is 22.7 Å². The number of nitro benzene ring substituents is 1. The summed E-state index contributed by atoms with van der Waals surface area (Å²) >= 11 is 5.82. The summed E-state index contributed by atoms with van der Waals surface area (Å²) in [7, 11) is 0. The predicted octanol–water partition coefficient (Wildman–Crippen LogP) is 3.56. The second-order valence-electron chi connectivity index (χ2n) is 6.40. The van der Waals surface area contributed by atoms with Gasteiger partial charge in [-0.15, -0.1) is 0 Å². The van der Waals surface area contributed by atoms with Crippen molar-refractivity contribution in [3.8, 4) is 5.75 Å². The molecule has 0 aliphatic rings. The van der Waals surface area contributed by atoms with Gasteiger partial charge >= 0.3 is 17.8 Å². The Morgan fingerprint density at radius 3 is 2.39 bits per heavy atom. The average molecular weight is 467 g/mol. The van der Waals surface area contributed by atoms with Crippen LogP contribution in [0.15, 0.2) is 77.9 Å². The molecule has 3 aromatic rings. The quantitative estimate of drug-likeness (QED) is 0.142. The molecule has 0 unspecified atom stereocenters. The second-order valence-corrected chi connectivity index (χ2v) is 6.83. The SMILES string of the molecule is O=C(N/N=C/c1ccc(OC(=O)c2ccccc2[N+](=O)[O-])cc1)C(=O)Nc1cccc(Cl)c1. The number of hydrazone groups is 1. The van der Waals surface area contributed by atoms with Crippen molar-refractivity contribution in [2.45, 2.75) is 0 Å². The molecule has 0 heterocycles. The normalized spacial score (nSPS) is 10.5. The highest BCUT2D eigenvalue weighted by Crippen LogP contribution is 2.20. The van der Waals surface area contributed by atoms with Crippen molar-refractivity contribution >= 4 is 47.0 Å². The molecular weight excluding hydrogens is 452 g/mol. The lowest BCUT2D eigenvalue weighted by Crippen LogP contribution is -2.32. The molecule has 3 aromatic carbocycles. The number of para-hydroxylation sites is 1. The average Bonchev–Trinajstić information content (AvgIpc) is 2.80. The number of nitrogens with zero attached hydrogens (tertiary/aromatic N) is 2. The van der Waals surface area contributed by atoms with Crippen LogP contribution in [0.2, 0.25) is 5.02 Å². The van der Waals surface area contributed by atoms with Gasteiger partial charge in [0, 0.05) is 16.8 Å². The van der Waals surface area contributed by atoms with E-state index in [4.69, 9.17) is 16.3 Å². The number of amides is 2. The van der Waals surface area contributed by atoms with E-state index in [0.29, 0.717) is 16.3 Å². The summed E-state index contributed by atoms with van der Waals surface area (Å²) in [5, 5.41) is 17.5. The zero-order valence-corrected chi connectivity index (χ0v) is 17.5. The fraction of sp³-hybridized carbons (Fsp3) is 0. The Morgan fingerprint density at radius 2 is 1.70 bits per heavy atom. The van der Waals surface area contributed by atoms with Crippen LogP contribution in [0.1, 0.15) is 15.9 Å². The summed E-state index contributed by atoms with van der Waals surface area (Å²) in [6.07, 6.45) is 1.28. The van der Waals surface area contributed by atoms with Crippen LogP contribution < -0.4 is 15.5 Å². The largest absolute Gasteiger partial charge is 0.423 e. The Balaban J connectivity index is 1.55. The minimum Gasteiger partial charge on any atom is -0.423 e. The van der Waals surface area contributed by atoms with Gasteiger partial charge in [0.1, 0.15) is 11.3 Å².